The van der Waals surface area contributed by atoms with Crippen LogP contribution in [0.15, 0.2) is 30.3 Å². The highest BCUT2D eigenvalue weighted by Gasteiger charge is 2.30. The van der Waals surface area contributed by atoms with E-state index in [0.717, 1.165) is 24.3 Å². The van der Waals surface area contributed by atoms with Gasteiger partial charge in [-0.1, -0.05) is 43.2 Å². The van der Waals surface area contributed by atoms with Gasteiger partial charge in [0.1, 0.15) is 6.10 Å². The lowest BCUT2D eigenvalue weighted by molar-refractivity contribution is -0.146. The van der Waals surface area contributed by atoms with Gasteiger partial charge in [0, 0.05) is 19.2 Å². The van der Waals surface area contributed by atoms with Gasteiger partial charge >= 0.3 is 11.8 Å². The minimum absolute atomic E-state index is 0.0575. The number of hydrogen-bond acceptors (Lipinski definition) is 3. The zero-order valence-corrected chi connectivity index (χ0v) is 14.2. The molecule has 0 spiro atoms. The molecule has 0 radical (unpaired) electrons. The molecule has 1 N–H and O–H groups in total. The molecule has 2 unspecified atom stereocenters. The summed E-state index contributed by atoms with van der Waals surface area (Å²) in [6, 6.07) is 9.93. The highest BCUT2D eigenvalue weighted by atomic mass is 16.5. The van der Waals surface area contributed by atoms with Crippen LogP contribution < -0.4 is 5.32 Å². The molecule has 5 nitrogen and oxygen atoms in total. The lowest BCUT2D eigenvalue weighted by Gasteiger charge is -2.24. The number of carbonyl (C=O) groups excluding carboxylic acids is 2. The van der Waals surface area contributed by atoms with E-state index in [4.69, 9.17) is 4.74 Å². The molecule has 3 rings (SSSR count). The van der Waals surface area contributed by atoms with E-state index in [9.17, 15) is 9.59 Å². The average molecular weight is 330 g/mol. The number of carbonyl (C=O) groups is 2. The van der Waals surface area contributed by atoms with Crippen molar-refractivity contribution in [1.82, 2.24) is 10.2 Å². The second kappa shape index (κ2) is 7.79. The molecular weight excluding hydrogens is 304 g/mol. The molecular formula is C19H26N2O3. The molecule has 2 aliphatic rings. The normalized spacial score (nSPS) is 22.5. The number of nitrogens with zero attached hydrogens (tertiary/aromatic N) is 1. The van der Waals surface area contributed by atoms with Crippen molar-refractivity contribution in [2.75, 3.05) is 19.7 Å². The topological polar surface area (TPSA) is 58.6 Å². The van der Waals surface area contributed by atoms with Crippen LogP contribution in [0.25, 0.3) is 0 Å². The lowest BCUT2D eigenvalue weighted by Crippen LogP contribution is -2.47. The maximum Gasteiger partial charge on any atom is 0.311 e. The van der Waals surface area contributed by atoms with Gasteiger partial charge in [0.2, 0.25) is 0 Å². The van der Waals surface area contributed by atoms with Crippen LogP contribution >= 0.6 is 0 Å². The van der Waals surface area contributed by atoms with Crippen LogP contribution in [0, 0.1) is 5.92 Å². The highest BCUT2D eigenvalue weighted by molar-refractivity contribution is 6.35. The van der Waals surface area contributed by atoms with E-state index in [0.29, 0.717) is 19.7 Å². The first-order valence-electron chi connectivity index (χ1n) is 8.90. The van der Waals surface area contributed by atoms with Gasteiger partial charge in [-0.05, 0) is 31.2 Å². The van der Waals surface area contributed by atoms with Gasteiger partial charge in [-0.25, -0.2) is 0 Å². The summed E-state index contributed by atoms with van der Waals surface area (Å²) < 4.78 is 5.87. The Balaban J connectivity index is 1.58. The Labute approximate surface area is 143 Å². The van der Waals surface area contributed by atoms with Gasteiger partial charge in [-0.2, -0.15) is 0 Å². The van der Waals surface area contributed by atoms with Crippen LogP contribution in [0.4, 0.5) is 0 Å². The van der Waals surface area contributed by atoms with Crippen molar-refractivity contribution >= 4 is 11.8 Å². The second-order valence-electron chi connectivity index (χ2n) is 6.93. The summed E-state index contributed by atoms with van der Waals surface area (Å²) in [7, 11) is 0. The summed E-state index contributed by atoms with van der Waals surface area (Å²) in [6.45, 7) is 3.56. The molecule has 1 aromatic carbocycles. The van der Waals surface area contributed by atoms with Crippen LogP contribution in [0.2, 0.25) is 0 Å². The van der Waals surface area contributed by atoms with Crippen LogP contribution in [-0.4, -0.2) is 42.5 Å². The molecule has 0 bridgehead atoms. The Morgan fingerprint density at radius 2 is 2.04 bits per heavy atom. The predicted molar refractivity (Wildman–Crippen MR) is 91.3 cm³/mol. The number of amides is 2. The number of ether oxygens (including phenoxy) is 1. The number of nitrogens with one attached hydrogen (secondary N) is 1. The van der Waals surface area contributed by atoms with Crippen molar-refractivity contribution in [2.45, 2.75) is 44.8 Å². The van der Waals surface area contributed by atoms with Gasteiger partial charge in [0.05, 0.1) is 6.54 Å². The Morgan fingerprint density at radius 1 is 1.29 bits per heavy atom. The zero-order valence-electron chi connectivity index (χ0n) is 14.2. The largest absolute Gasteiger partial charge is 0.372 e. The fourth-order valence-electron chi connectivity index (χ4n) is 3.22. The molecule has 0 aromatic heterocycles. The van der Waals surface area contributed by atoms with Gasteiger partial charge in [-0.15, -0.1) is 0 Å². The van der Waals surface area contributed by atoms with Crippen molar-refractivity contribution in [3.63, 3.8) is 0 Å². The monoisotopic (exact) mass is 330 g/mol. The first-order chi connectivity index (χ1) is 11.6. The summed E-state index contributed by atoms with van der Waals surface area (Å²) in [5.74, 6) is -0.203. The summed E-state index contributed by atoms with van der Waals surface area (Å²) in [4.78, 5) is 26.4. The van der Waals surface area contributed by atoms with Crippen LogP contribution in [0.1, 0.15) is 44.3 Å². The molecule has 2 amide bonds. The van der Waals surface area contributed by atoms with Crippen molar-refractivity contribution < 1.29 is 14.3 Å². The van der Waals surface area contributed by atoms with E-state index in [1.165, 1.54) is 12.8 Å². The first-order valence-corrected chi connectivity index (χ1v) is 8.90. The molecule has 1 aliphatic carbocycles. The Kier molecular flexibility index (Phi) is 5.51. The van der Waals surface area contributed by atoms with Gasteiger partial charge in [0.25, 0.3) is 0 Å². The molecule has 2 atom stereocenters. The summed E-state index contributed by atoms with van der Waals surface area (Å²) in [5.41, 5.74) is 1.04. The van der Waals surface area contributed by atoms with E-state index in [1.807, 2.05) is 37.3 Å². The van der Waals surface area contributed by atoms with Crippen molar-refractivity contribution in [3.8, 4) is 0 Å². The Bertz CT molecular complexity index is 571. The minimum Gasteiger partial charge on any atom is -0.372 e. The van der Waals surface area contributed by atoms with E-state index in [1.54, 1.807) is 4.90 Å². The van der Waals surface area contributed by atoms with Crippen molar-refractivity contribution in [2.24, 2.45) is 5.92 Å². The zero-order chi connectivity index (χ0) is 16.9. The highest BCUT2D eigenvalue weighted by Crippen LogP contribution is 2.33. The summed E-state index contributed by atoms with van der Waals surface area (Å²) in [5, 5.41) is 2.85. The van der Waals surface area contributed by atoms with E-state index in [2.05, 4.69) is 5.32 Å². The molecule has 130 valence electrons. The predicted octanol–water partition coefficient (Wildman–Crippen LogP) is 2.28. The minimum atomic E-state index is -0.489. The fraction of sp³-hybridized carbons (Fsp3) is 0.579. The Hall–Kier alpha value is -1.88. The van der Waals surface area contributed by atoms with Gasteiger partial charge < -0.3 is 15.0 Å². The molecule has 1 aromatic rings. The number of hydrogen-bond donors (Lipinski definition) is 1. The van der Waals surface area contributed by atoms with Crippen molar-refractivity contribution in [3.05, 3.63) is 35.9 Å². The third-order valence-corrected chi connectivity index (χ3v) is 4.69. The van der Waals surface area contributed by atoms with Crippen LogP contribution in [0.5, 0.6) is 0 Å². The molecule has 5 heteroatoms. The molecule has 1 saturated heterocycles. The van der Waals surface area contributed by atoms with Crippen LogP contribution in [0.3, 0.4) is 0 Å². The maximum atomic E-state index is 12.5. The molecule has 24 heavy (non-hydrogen) atoms. The summed E-state index contributed by atoms with van der Waals surface area (Å²) >= 11 is 0. The second-order valence-corrected chi connectivity index (χ2v) is 6.93. The standard InChI is InChI=1S/C19H26N2O3/c1-14(12-15-8-9-15)20-18(22)19(23)21-10-5-11-24-17(13-21)16-6-3-2-4-7-16/h2-4,6-7,14-15,17H,5,8-13H2,1H3,(H,20,22). The first kappa shape index (κ1) is 17.0. The quantitative estimate of drug-likeness (QED) is 0.862. The summed E-state index contributed by atoms with van der Waals surface area (Å²) in [6.07, 6.45) is 4.04. The lowest BCUT2D eigenvalue weighted by atomic mass is 10.1. The van der Waals surface area contributed by atoms with Crippen LogP contribution in [-0.2, 0) is 14.3 Å². The average Bonchev–Trinajstić information content (AvgIpc) is 3.41. The maximum absolute atomic E-state index is 12.5. The van der Waals surface area contributed by atoms with Gasteiger partial charge in [0.15, 0.2) is 0 Å². The third kappa shape index (κ3) is 4.57. The third-order valence-electron chi connectivity index (χ3n) is 4.69. The Morgan fingerprint density at radius 3 is 2.75 bits per heavy atom. The van der Waals surface area contributed by atoms with Gasteiger partial charge in [-0.3, -0.25) is 9.59 Å². The van der Waals surface area contributed by atoms with Crippen molar-refractivity contribution in [1.29, 1.82) is 0 Å². The number of benzene rings is 1. The fourth-order valence-corrected chi connectivity index (χ4v) is 3.22. The molecule has 1 saturated carbocycles. The van der Waals surface area contributed by atoms with E-state index >= 15 is 0 Å². The smallest absolute Gasteiger partial charge is 0.311 e. The van der Waals surface area contributed by atoms with E-state index < -0.39 is 11.8 Å². The molecule has 1 aliphatic heterocycles. The SMILES string of the molecule is CC(CC1CC1)NC(=O)C(=O)N1CCCOC(c2ccccc2)C1. The molecule has 1 heterocycles. The number of rotatable bonds is 4. The van der Waals surface area contributed by atoms with E-state index in [-0.39, 0.29) is 12.1 Å². The molecule has 2 fully saturated rings.